The van der Waals surface area contributed by atoms with Gasteiger partial charge in [-0.3, -0.25) is 4.98 Å². The van der Waals surface area contributed by atoms with Gasteiger partial charge in [0.25, 0.3) is 0 Å². The van der Waals surface area contributed by atoms with Gasteiger partial charge in [-0.1, -0.05) is 58.4 Å². The molecule has 41 heavy (non-hydrogen) atoms. The van der Waals surface area contributed by atoms with E-state index >= 15 is 0 Å². The lowest BCUT2D eigenvalue weighted by molar-refractivity contribution is -0.152. The summed E-state index contributed by atoms with van der Waals surface area (Å²) in [5.74, 6) is -0.264. The van der Waals surface area contributed by atoms with E-state index < -0.39 is 40.8 Å². The number of carbonyl (C=O) groups is 1. The van der Waals surface area contributed by atoms with E-state index in [1.54, 1.807) is 6.20 Å². The molecular formula is C31H36BrN3O6. The van der Waals surface area contributed by atoms with Gasteiger partial charge < -0.3 is 35.1 Å². The minimum absolute atomic E-state index is 0.328. The van der Waals surface area contributed by atoms with E-state index in [2.05, 4.69) is 31.5 Å². The van der Waals surface area contributed by atoms with Crippen LogP contribution in [0.4, 0.5) is 4.79 Å². The Labute approximate surface area is 248 Å². The first-order valence-corrected chi connectivity index (χ1v) is 14.4. The highest BCUT2D eigenvalue weighted by Gasteiger charge is 2.76. The van der Waals surface area contributed by atoms with Gasteiger partial charge >= 0.3 is 6.09 Å². The van der Waals surface area contributed by atoms with Crippen molar-refractivity contribution in [2.45, 2.75) is 49.6 Å². The molecule has 0 radical (unpaired) electrons. The number of aliphatic hydroxyl groups excluding tert-OH is 1. The molecule has 1 aliphatic carbocycles. The van der Waals surface area contributed by atoms with Gasteiger partial charge in [-0.15, -0.1) is 0 Å². The lowest BCUT2D eigenvalue weighted by Gasteiger charge is -2.41. The smallest absolute Gasteiger partial charge is 0.407 e. The van der Waals surface area contributed by atoms with Crippen LogP contribution in [-0.4, -0.2) is 59.7 Å². The first kappa shape index (κ1) is 29.3. The lowest BCUT2D eigenvalue weighted by atomic mass is 9.70. The van der Waals surface area contributed by atoms with Crippen LogP contribution in [0.3, 0.4) is 0 Å². The standard InChI is InChI=1S/C31H36BrN3O6/c1-29(2,3)41-28(37)35-15-14-33-16-22-25(19-8-6-5-7-9-19)31(20-10-12-21(32)13-11-20)30(38,27(22)36)26-23(39-4)17-34-18-24(26)40-31/h5-13,17-18,22,25,27,33,36,38H,14-16H2,1-4H3,(H,35,37)/t22?,25?,27-,30?,31?/m1/s1. The molecule has 1 aromatic heterocycles. The van der Waals surface area contributed by atoms with E-state index in [1.165, 1.54) is 13.3 Å². The summed E-state index contributed by atoms with van der Waals surface area (Å²) in [6, 6.07) is 17.4. The number of ether oxygens (including phenoxy) is 3. The fourth-order valence-corrected chi connectivity index (χ4v) is 6.56. The maximum atomic E-state index is 12.8. The molecule has 1 aliphatic heterocycles. The highest BCUT2D eigenvalue weighted by Crippen LogP contribution is 2.69. The number of hydrogen-bond acceptors (Lipinski definition) is 8. The highest BCUT2D eigenvalue weighted by atomic mass is 79.9. The molecule has 218 valence electrons. The average molecular weight is 627 g/mol. The van der Waals surface area contributed by atoms with E-state index in [0.29, 0.717) is 42.3 Å². The zero-order valence-corrected chi connectivity index (χ0v) is 25.1. The van der Waals surface area contributed by atoms with Crippen LogP contribution < -0.4 is 20.1 Å². The first-order chi connectivity index (χ1) is 19.5. The number of halogens is 1. The molecule has 2 aromatic carbocycles. The van der Waals surface area contributed by atoms with Crippen LogP contribution in [0.25, 0.3) is 0 Å². The molecule has 0 spiro atoms. The average Bonchev–Trinajstić information content (AvgIpc) is 3.31. The SMILES string of the molecule is COc1cncc2c1C1(O)[C@H](O)C(CNCCNC(=O)OC(C)(C)C)C(c3ccccc3)C1(c1ccc(Br)cc1)O2. The van der Waals surface area contributed by atoms with Crippen molar-refractivity contribution in [2.24, 2.45) is 5.92 Å². The summed E-state index contributed by atoms with van der Waals surface area (Å²) in [6.45, 7) is 6.52. The number of hydrogen-bond donors (Lipinski definition) is 4. The molecule has 0 bridgehead atoms. The van der Waals surface area contributed by atoms with Crippen molar-refractivity contribution in [3.63, 3.8) is 0 Å². The van der Waals surface area contributed by atoms with Gasteiger partial charge in [-0.05, 0) is 44.0 Å². The van der Waals surface area contributed by atoms with Crippen molar-refractivity contribution < 1.29 is 29.2 Å². The van der Waals surface area contributed by atoms with E-state index in [1.807, 2.05) is 75.4 Å². The summed E-state index contributed by atoms with van der Waals surface area (Å²) >= 11 is 3.52. The molecule has 10 heteroatoms. The van der Waals surface area contributed by atoms with Crippen LogP contribution >= 0.6 is 15.9 Å². The molecule has 9 nitrogen and oxygen atoms in total. The molecule has 4 unspecified atom stereocenters. The Morgan fingerprint density at radius 1 is 1.10 bits per heavy atom. The molecule has 1 saturated carbocycles. The zero-order chi connectivity index (χ0) is 29.4. The third kappa shape index (κ3) is 5.07. The Hall–Kier alpha value is -3.18. The van der Waals surface area contributed by atoms with Crippen LogP contribution in [0.5, 0.6) is 11.5 Å². The number of benzene rings is 2. The molecule has 5 rings (SSSR count). The Balaban J connectivity index is 1.54. The number of aliphatic hydroxyl groups is 2. The van der Waals surface area contributed by atoms with Gasteiger partial charge in [0.1, 0.15) is 17.1 Å². The molecule has 0 saturated heterocycles. The van der Waals surface area contributed by atoms with Crippen LogP contribution in [0, 0.1) is 5.92 Å². The van der Waals surface area contributed by atoms with Crippen LogP contribution in [-0.2, 0) is 15.9 Å². The summed E-state index contributed by atoms with van der Waals surface area (Å²) in [4.78, 5) is 16.3. The Morgan fingerprint density at radius 2 is 1.80 bits per heavy atom. The summed E-state index contributed by atoms with van der Waals surface area (Å²) in [7, 11) is 1.51. The minimum Gasteiger partial charge on any atom is -0.495 e. The van der Waals surface area contributed by atoms with Crippen LogP contribution in [0.1, 0.15) is 43.4 Å². The molecule has 2 heterocycles. The summed E-state index contributed by atoms with van der Waals surface area (Å²) in [5.41, 5.74) is -1.86. The van der Waals surface area contributed by atoms with Crippen molar-refractivity contribution in [3.8, 4) is 11.5 Å². The number of methoxy groups -OCH3 is 1. The highest BCUT2D eigenvalue weighted by molar-refractivity contribution is 9.10. The number of carbonyl (C=O) groups excluding carboxylic acids is 1. The second-order valence-corrected chi connectivity index (χ2v) is 12.4. The monoisotopic (exact) mass is 625 g/mol. The van der Waals surface area contributed by atoms with Gasteiger partial charge in [-0.25, -0.2) is 4.79 Å². The fourth-order valence-electron chi connectivity index (χ4n) is 6.29. The van der Waals surface area contributed by atoms with Crippen molar-refractivity contribution in [3.05, 3.63) is 88.2 Å². The molecule has 3 aromatic rings. The number of nitrogens with zero attached hydrogens (tertiary/aromatic N) is 1. The number of pyridine rings is 1. The molecule has 2 aliphatic rings. The predicted octanol–water partition coefficient (Wildman–Crippen LogP) is 4.22. The molecule has 1 fully saturated rings. The largest absolute Gasteiger partial charge is 0.495 e. The van der Waals surface area contributed by atoms with Gasteiger partial charge in [0.15, 0.2) is 11.2 Å². The Bertz CT molecular complexity index is 1380. The number of rotatable bonds is 8. The Kier molecular flexibility index (Phi) is 8.04. The maximum absolute atomic E-state index is 12.8. The maximum Gasteiger partial charge on any atom is 0.407 e. The molecule has 5 atom stereocenters. The molecular weight excluding hydrogens is 590 g/mol. The van der Waals surface area contributed by atoms with E-state index in [4.69, 9.17) is 14.2 Å². The predicted molar refractivity (Wildman–Crippen MR) is 157 cm³/mol. The van der Waals surface area contributed by atoms with Crippen molar-refractivity contribution in [1.82, 2.24) is 15.6 Å². The van der Waals surface area contributed by atoms with Crippen LogP contribution in [0.15, 0.2) is 71.5 Å². The van der Waals surface area contributed by atoms with Crippen molar-refractivity contribution in [2.75, 3.05) is 26.7 Å². The third-order valence-corrected chi connectivity index (χ3v) is 8.32. The number of amides is 1. The quantitative estimate of drug-likeness (QED) is 0.275. The minimum atomic E-state index is -1.87. The normalized spacial score (nSPS) is 26.6. The van der Waals surface area contributed by atoms with E-state index in [-0.39, 0.29) is 0 Å². The van der Waals surface area contributed by atoms with E-state index in [9.17, 15) is 15.0 Å². The lowest BCUT2D eigenvalue weighted by Crippen LogP contribution is -2.52. The van der Waals surface area contributed by atoms with Crippen molar-refractivity contribution >= 4 is 22.0 Å². The number of fused-ring (bicyclic) bond motifs is 3. The number of nitrogens with one attached hydrogen (secondary N) is 2. The van der Waals surface area contributed by atoms with Crippen molar-refractivity contribution in [1.29, 1.82) is 0 Å². The van der Waals surface area contributed by atoms with E-state index in [0.717, 1.165) is 10.0 Å². The second-order valence-electron chi connectivity index (χ2n) is 11.5. The third-order valence-electron chi connectivity index (χ3n) is 7.80. The topological polar surface area (TPSA) is 122 Å². The second kappa shape index (κ2) is 11.2. The molecule has 1 amide bonds. The summed E-state index contributed by atoms with van der Waals surface area (Å²) in [5, 5.41) is 31.1. The fraction of sp³-hybridized carbons (Fsp3) is 0.419. The Morgan fingerprint density at radius 3 is 2.46 bits per heavy atom. The van der Waals surface area contributed by atoms with Gasteiger partial charge in [0, 0.05) is 35.9 Å². The first-order valence-electron chi connectivity index (χ1n) is 13.6. The van der Waals surface area contributed by atoms with Gasteiger partial charge in [0.2, 0.25) is 0 Å². The summed E-state index contributed by atoms with van der Waals surface area (Å²) in [6.07, 6.45) is 1.33. The van der Waals surface area contributed by atoms with Gasteiger partial charge in [-0.2, -0.15) is 0 Å². The summed E-state index contributed by atoms with van der Waals surface area (Å²) < 4.78 is 18.6. The van der Waals surface area contributed by atoms with Gasteiger partial charge in [0.05, 0.1) is 31.2 Å². The number of alkyl carbamates (subject to hydrolysis) is 1. The zero-order valence-electron chi connectivity index (χ0n) is 23.6. The van der Waals surface area contributed by atoms with Crippen LogP contribution in [0.2, 0.25) is 0 Å². The molecule has 4 N–H and O–H groups in total. The number of aromatic nitrogens is 1.